The van der Waals surface area contributed by atoms with Gasteiger partial charge in [0.2, 0.25) is 11.8 Å². The predicted octanol–water partition coefficient (Wildman–Crippen LogP) is 6.77. The molecule has 7 rings (SSSR count). The van der Waals surface area contributed by atoms with Gasteiger partial charge < -0.3 is 39.9 Å². The maximum atomic E-state index is 13.6. The zero-order chi connectivity index (χ0) is 41.1. The molecule has 0 spiro atoms. The molecule has 15 nitrogen and oxygen atoms in total. The maximum absolute atomic E-state index is 13.6. The van der Waals surface area contributed by atoms with Gasteiger partial charge in [0.15, 0.2) is 0 Å². The monoisotopic (exact) mass is 789 g/mol. The van der Waals surface area contributed by atoms with Crippen LogP contribution in [0.15, 0.2) is 67.0 Å². The number of nitrogens with one attached hydrogen (secondary N) is 4. The van der Waals surface area contributed by atoms with Crippen molar-refractivity contribution in [3.63, 3.8) is 0 Å². The van der Waals surface area contributed by atoms with E-state index in [9.17, 15) is 19.2 Å². The molecular formula is C43H51N9O6. The van der Waals surface area contributed by atoms with E-state index >= 15 is 0 Å². The Labute approximate surface area is 337 Å². The molecule has 0 aliphatic carbocycles. The summed E-state index contributed by atoms with van der Waals surface area (Å²) in [4.78, 5) is 75.9. The summed E-state index contributed by atoms with van der Waals surface area (Å²) in [6.07, 6.45) is 5.63. The minimum absolute atomic E-state index is 0.109. The third-order valence-corrected chi connectivity index (χ3v) is 11.2. The molecule has 3 aromatic heterocycles. The second-order valence-electron chi connectivity index (χ2n) is 15.6. The number of hydrogen-bond donors (Lipinski definition) is 4. The van der Waals surface area contributed by atoms with E-state index in [0.717, 1.165) is 76.2 Å². The number of likely N-dealkylation sites (tertiary alicyclic amines) is 2. The zero-order valence-corrected chi connectivity index (χ0v) is 33.7. The zero-order valence-electron chi connectivity index (χ0n) is 33.7. The standard InChI is InChI=1S/C43H51N9O6/c1-24(2)36(49-42(55)57-5)40(53)51-19-7-9-34(51)38-45-23-33(48-38)27-13-11-26(12-14-27)30-17-16-29(22-44-30)28-15-18-31-32(21-28)47-39(46-31)35-10-8-20-52(35)41(54)37(25(3)4)50-43(56)58-6/h11-18,21-25,34-37H,7-10,19-20H2,1-6H3,(H,45,48)(H,46,47)(H,49,55)(H,50,56)/t34-,35-,36-,37-/m0/s1. The summed E-state index contributed by atoms with van der Waals surface area (Å²) < 4.78 is 9.52. The van der Waals surface area contributed by atoms with Crippen molar-refractivity contribution in [2.24, 2.45) is 11.8 Å². The van der Waals surface area contributed by atoms with Crippen molar-refractivity contribution in [1.29, 1.82) is 0 Å². The first-order valence-corrected chi connectivity index (χ1v) is 19.9. The van der Waals surface area contributed by atoms with E-state index in [1.807, 2.05) is 93.4 Å². The minimum atomic E-state index is -0.696. The van der Waals surface area contributed by atoms with Gasteiger partial charge in [-0.2, -0.15) is 0 Å². The van der Waals surface area contributed by atoms with E-state index in [1.54, 1.807) is 11.1 Å². The lowest BCUT2D eigenvalue weighted by Gasteiger charge is -2.30. The topological polar surface area (TPSA) is 188 Å². The Bertz CT molecular complexity index is 2270. The fraction of sp³-hybridized carbons (Fsp3) is 0.419. The van der Waals surface area contributed by atoms with Crippen LogP contribution in [-0.2, 0) is 19.1 Å². The highest BCUT2D eigenvalue weighted by Crippen LogP contribution is 2.35. The van der Waals surface area contributed by atoms with Gasteiger partial charge in [0.25, 0.3) is 0 Å². The van der Waals surface area contributed by atoms with Gasteiger partial charge >= 0.3 is 12.2 Å². The van der Waals surface area contributed by atoms with Crippen LogP contribution in [0.4, 0.5) is 9.59 Å². The number of aromatic nitrogens is 5. The Morgan fingerprint density at radius 1 is 0.672 bits per heavy atom. The van der Waals surface area contributed by atoms with E-state index in [1.165, 1.54) is 14.2 Å². The summed E-state index contributed by atoms with van der Waals surface area (Å²) >= 11 is 0. The summed E-state index contributed by atoms with van der Waals surface area (Å²) in [5, 5.41) is 5.39. The van der Waals surface area contributed by atoms with E-state index < -0.39 is 24.3 Å². The Kier molecular flexibility index (Phi) is 11.8. The van der Waals surface area contributed by atoms with Crippen molar-refractivity contribution >= 4 is 35.0 Å². The van der Waals surface area contributed by atoms with Gasteiger partial charge in [0.1, 0.15) is 23.7 Å². The molecule has 5 aromatic rings. The highest BCUT2D eigenvalue weighted by atomic mass is 16.5. The van der Waals surface area contributed by atoms with E-state index in [4.69, 9.17) is 19.4 Å². The van der Waals surface area contributed by atoms with Gasteiger partial charge in [-0.15, -0.1) is 0 Å². The summed E-state index contributed by atoms with van der Waals surface area (Å²) in [6.45, 7) is 8.77. The highest BCUT2D eigenvalue weighted by Gasteiger charge is 2.39. The summed E-state index contributed by atoms with van der Waals surface area (Å²) in [7, 11) is 2.58. The van der Waals surface area contributed by atoms with Crippen LogP contribution in [0, 0.1) is 11.8 Å². The molecule has 0 unspecified atom stereocenters. The Hall–Kier alpha value is -6.25. The normalized spacial score (nSPS) is 17.8. The number of methoxy groups -OCH3 is 2. The number of carbonyl (C=O) groups is 4. The van der Waals surface area contributed by atoms with Crippen LogP contribution in [0.3, 0.4) is 0 Å². The molecule has 2 saturated heterocycles. The molecule has 0 bridgehead atoms. The number of carbonyl (C=O) groups excluding carboxylic acids is 4. The molecule has 5 heterocycles. The molecule has 304 valence electrons. The lowest BCUT2D eigenvalue weighted by atomic mass is 10.0. The second-order valence-corrected chi connectivity index (χ2v) is 15.6. The second kappa shape index (κ2) is 17.1. The first kappa shape index (κ1) is 40.0. The molecule has 2 aliphatic rings. The van der Waals surface area contributed by atoms with Gasteiger partial charge in [0.05, 0.1) is 54.9 Å². The van der Waals surface area contributed by atoms with Gasteiger partial charge in [-0.3, -0.25) is 14.6 Å². The highest BCUT2D eigenvalue weighted by molar-refractivity contribution is 5.88. The lowest BCUT2D eigenvalue weighted by Crippen LogP contribution is -2.51. The quantitative estimate of drug-likeness (QED) is 0.112. The summed E-state index contributed by atoms with van der Waals surface area (Å²) in [6, 6.07) is 16.4. The van der Waals surface area contributed by atoms with Crippen molar-refractivity contribution in [3.8, 4) is 33.6 Å². The van der Waals surface area contributed by atoms with Gasteiger partial charge in [-0.1, -0.05) is 64.1 Å². The van der Waals surface area contributed by atoms with Crippen molar-refractivity contribution in [3.05, 3.63) is 78.6 Å². The third kappa shape index (κ3) is 8.25. The number of aromatic amines is 2. The Morgan fingerprint density at radius 3 is 1.78 bits per heavy atom. The number of imidazole rings is 2. The summed E-state index contributed by atoms with van der Waals surface area (Å²) in [5.74, 6) is 0.930. The Balaban J connectivity index is 1.02. The molecule has 4 atom stereocenters. The molecule has 15 heteroatoms. The number of H-pyrrole nitrogens is 2. The number of fused-ring (bicyclic) bond motifs is 1. The molecule has 58 heavy (non-hydrogen) atoms. The first-order chi connectivity index (χ1) is 27.9. The molecule has 2 fully saturated rings. The molecule has 2 aliphatic heterocycles. The van der Waals surface area contributed by atoms with E-state index in [0.29, 0.717) is 18.9 Å². The number of pyridine rings is 1. The predicted molar refractivity (Wildman–Crippen MR) is 218 cm³/mol. The van der Waals surface area contributed by atoms with Crippen molar-refractivity contribution in [1.82, 2.24) is 45.4 Å². The van der Waals surface area contributed by atoms with Crippen LogP contribution in [0.5, 0.6) is 0 Å². The van der Waals surface area contributed by atoms with Crippen LogP contribution >= 0.6 is 0 Å². The van der Waals surface area contributed by atoms with Gasteiger partial charge in [-0.25, -0.2) is 19.6 Å². The average Bonchev–Trinajstić information content (AvgIpc) is 4.07. The first-order valence-electron chi connectivity index (χ1n) is 19.9. The average molecular weight is 790 g/mol. The van der Waals surface area contributed by atoms with Crippen LogP contribution < -0.4 is 10.6 Å². The van der Waals surface area contributed by atoms with Crippen LogP contribution in [-0.4, -0.2) is 98.1 Å². The van der Waals surface area contributed by atoms with Crippen LogP contribution in [0.2, 0.25) is 0 Å². The number of alkyl carbamates (subject to hydrolysis) is 2. The number of nitrogens with zero attached hydrogens (tertiary/aromatic N) is 5. The van der Waals surface area contributed by atoms with Crippen LogP contribution in [0.25, 0.3) is 44.7 Å². The summed E-state index contributed by atoms with van der Waals surface area (Å²) in [5.41, 5.74) is 7.18. The van der Waals surface area contributed by atoms with Gasteiger partial charge in [0, 0.05) is 30.4 Å². The number of benzene rings is 2. The Morgan fingerprint density at radius 2 is 1.22 bits per heavy atom. The fourth-order valence-electron chi connectivity index (χ4n) is 7.96. The lowest BCUT2D eigenvalue weighted by molar-refractivity contribution is -0.136. The third-order valence-electron chi connectivity index (χ3n) is 11.2. The number of hydrogen-bond acceptors (Lipinski definition) is 9. The van der Waals surface area contributed by atoms with E-state index in [-0.39, 0.29) is 35.7 Å². The number of rotatable bonds is 11. The largest absolute Gasteiger partial charge is 0.453 e. The molecular weight excluding hydrogens is 739 g/mol. The molecule has 2 aromatic carbocycles. The maximum Gasteiger partial charge on any atom is 0.407 e. The fourth-order valence-corrected chi connectivity index (χ4v) is 7.96. The molecule has 4 N–H and O–H groups in total. The molecule has 0 saturated carbocycles. The van der Waals surface area contributed by atoms with Gasteiger partial charge in [-0.05, 0) is 66.8 Å². The molecule has 0 radical (unpaired) electrons. The smallest absolute Gasteiger partial charge is 0.407 e. The molecule has 4 amide bonds. The number of amides is 4. The van der Waals surface area contributed by atoms with E-state index in [2.05, 4.69) is 25.6 Å². The minimum Gasteiger partial charge on any atom is -0.453 e. The SMILES string of the molecule is COC(=O)N[C@H](C(=O)N1CCC[C@H]1c1ncc(-c2ccc(-c3ccc(-c4ccc5[nH]c([C@@H]6CCCN6C(=O)[C@@H](NC(=O)OC)C(C)C)nc5c4)cn3)cc2)[nH]1)C(C)C. The van der Waals surface area contributed by atoms with Crippen molar-refractivity contribution in [2.75, 3.05) is 27.3 Å². The van der Waals surface area contributed by atoms with Crippen molar-refractivity contribution in [2.45, 2.75) is 77.5 Å². The van der Waals surface area contributed by atoms with Crippen LogP contribution in [0.1, 0.15) is 77.1 Å². The number of ether oxygens (including phenoxy) is 2. The van der Waals surface area contributed by atoms with Crippen molar-refractivity contribution < 1.29 is 28.7 Å².